The van der Waals surface area contributed by atoms with E-state index in [9.17, 15) is 9.59 Å². The van der Waals surface area contributed by atoms with E-state index in [2.05, 4.69) is 30.0 Å². The van der Waals surface area contributed by atoms with Crippen molar-refractivity contribution in [2.75, 3.05) is 7.11 Å². The molecule has 0 aliphatic rings. The Morgan fingerprint density at radius 1 is 1.20 bits per heavy atom. The zero-order valence-corrected chi connectivity index (χ0v) is 9.51. The quantitative estimate of drug-likeness (QED) is 0.548. The van der Waals surface area contributed by atoms with Gasteiger partial charge in [-0.25, -0.2) is 9.59 Å². The maximum absolute atomic E-state index is 11.2. The lowest BCUT2D eigenvalue weighted by Gasteiger charge is -2.06. The first-order valence-corrected chi connectivity index (χ1v) is 4.74. The lowest BCUT2D eigenvalue weighted by Crippen LogP contribution is -2.06. The fourth-order valence-electron chi connectivity index (χ4n) is 1.02. The zero-order chi connectivity index (χ0) is 11.6. The van der Waals surface area contributed by atoms with Gasteiger partial charge in [-0.1, -0.05) is 0 Å². The lowest BCUT2D eigenvalue weighted by molar-refractivity contribution is 0.0596. The van der Waals surface area contributed by atoms with Crippen LogP contribution in [-0.4, -0.2) is 24.2 Å². The molecule has 1 rings (SSSR count). The highest BCUT2D eigenvalue weighted by Gasteiger charge is 2.16. The first-order chi connectivity index (χ1) is 6.97. The maximum Gasteiger partial charge on any atom is 0.339 e. The molecule has 0 fully saturated rings. The summed E-state index contributed by atoms with van der Waals surface area (Å²) >= 11 is 8.00. The van der Waals surface area contributed by atoms with Gasteiger partial charge in [-0.3, -0.25) is 0 Å². The van der Waals surface area contributed by atoms with Crippen molar-refractivity contribution in [1.29, 1.82) is 0 Å². The summed E-state index contributed by atoms with van der Waals surface area (Å²) in [5, 5.41) is 8.81. The highest BCUT2D eigenvalue weighted by molar-refractivity contribution is 7.81. The van der Waals surface area contributed by atoms with Gasteiger partial charge in [0.15, 0.2) is 0 Å². The summed E-state index contributed by atoms with van der Waals surface area (Å²) in [5.41, 5.74) is 0.0487. The Morgan fingerprint density at radius 2 is 1.73 bits per heavy atom. The molecule has 4 nitrogen and oxygen atoms in total. The van der Waals surface area contributed by atoms with Crippen LogP contribution >= 0.6 is 25.3 Å². The Kier molecular flexibility index (Phi) is 3.65. The number of thiol groups is 2. The summed E-state index contributed by atoms with van der Waals surface area (Å²) in [6, 6.07) is 2.58. The molecule has 15 heavy (non-hydrogen) atoms. The molecule has 0 saturated heterocycles. The van der Waals surface area contributed by atoms with Gasteiger partial charge in [0.2, 0.25) is 0 Å². The van der Waals surface area contributed by atoms with Crippen LogP contribution in [0, 0.1) is 0 Å². The predicted molar refractivity (Wildman–Crippen MR) is 59.2 cm³/mol. The van der Waals surface area contributed by atoms with E-state index in [0.29, 0.717) is 4.90 Å². The largest absolute Gasteiger partial charge is 0.478 e. The minimum absolute atomic E-state index is 0.0588. The monoisotopic (exact) mass is 244 g/mol. The fourth-order valence-corrected chi connectivity index (χ4v) is 1.70. The molecule has 1 N–H and O–H groups in total. The third kappa shape index (κ3) is 2.45. The molecule has 0 amide bonds. The molecular weight excluding hydrogens is 236 g/mol. The average molecular weight is 244 g/mol. The van der Waals surface area contributed by atoms with E-state index in [0.717, 1.165) is 0 Å². The molecule has 1 aromatic carbocycles. The number of carboxylic acid groups (broad SMARTS) is 1. The number of rotatable bonds is 2. The first-order valence-electron chi connectivity index (χ1n) is 3.85. The van der Waals surface area contributed by atoms with Crippen LogP contribution in [0.2, 0.25) is 0 Å². The third-order valence-corrected chi connectivity index (χ3v) is 2.49. The van der Waals surface area contributed by atoms with Crippen LogP contribution < -0.4 is 0 Å². The standard InChI is InChI=1S/C9H8O4S2/c1-13-9(12)5-2-4(8(10)11)6(14)3-7(5)15/h2-3,14-15H,1H3,(H,10,11). The van der Waals surface area contributed by atoms with Gasteiger partial charge in [-0.05, 0) is 12.1 Å². The van der Waals surface area contributed by atoms with Crippen LogP contribution in [-0.2, 0) is 4.74 Å². The smallest absolute Gasteiger partial charge is 0.339 e. The van der Waals surface area contributed by atoms with Crippen molar-refractivity contribution in [3.05, 3.63) is 23.3 Å². The Bertz CT molecular complexity index is 428. The second kappa shape index (κ2) is 4.59. The average Bonchev–Trinajstić information content (AvgIpc) is 2.16. The number of carboxylic acids is 1. The third-order valence-electron chi connectivity index (χ3n) is 1.75. The van der Waals surface area contributed by atoms with Crippen molar-refractivity contribution >= 4 is 37.2 Å². The van der Waals surface area contributed by atoms with E-state index in [1.165, 1.54) is 19.2 Å². The van der Waals surface area contributed by atoms with Crippen LogP contribution in [0.3, 0.4) is 0 Å². The normalized spacial score (nSPS) is 9.80. The van der Waals surface area contributed by atoms with Crippen molar-refractivity contribution in [2.24, 2.45) is 0 Å². The van der Waals surface area contributed by atoms with Gasteiger partial charge in [0.1, 0.15) is 0 Å². The van der Waals surface area contributed by atoms with E-state index < -0.39 is 11.9 Å². The summed E-state index contributed by atoms with van der Waals surface area (Å²) < 4.78 is 4.49. The summed E-state index contributed by atoms with van der Waals surface area (Å²) in [5.74, 6) is -1.78. The van der Waals surface area contributed by atoms with Gasteiger partial charge >= 0.3 is 11.9 Å². The van der Waals surface area contributed by atoms with E-state index in [1.807, 2.05) is 0 Å². The van der Waals surface area contributed by atoms with E-state index in [4.69, 9.17) is 5.11 Å². The zero-order valence-electron chi connectivity index (χ0n) is 7.72. The van der Waals surface area contributed by atoms with Crippen LogP contribution in [0.1, 0.15) is 20.7 Å². The van der Waals surface area contributed by atoms with E-state index in [1.54, 1.807) is 0 Å². The number of benzene rings is 1. The van der Waals surface area contributed by atoms with Crippen molar-refractivity contribution in [1.82, 2.24) is 0 Å². The van der Waals surface area contributed by atoms with Crippen LogP contribution in [0.25, 0.3) is 0 Å². The Hall–Kier alpha value is -1.14. The fraction of sp³-hybridized carbons (Fsp3) is 0.111. The number of hydrogen-bond donors (Lipinski definition) is 3. The van der Waals surface area contributed by atoms with Crippen molar-refractivity contribution in [2.45, 2.75) is 9.79 Å². The van der Waals surface area contributed by atoms with Crippen LogP contribution in [0.4, 0.5) is 0 Å². The molecule has 80 valence electrons. The van der Waals surface area contributed by atoms with Gasteiger partial charge in [-0.15, -0.1) is 25.3 Å². The van der Waals surface area contributed by atoms with Crippen molar-refractivity contribution in [3.8, 4) is 0 Å². The van der Waals surface area contributed by atoms with Gasteiger partial charge in [0, 0.05) is 9.79 Å². The van der Waals surface area contributed by atoms with Crippen molar-refractivity contribution < 1.29 is 19.4 Å². The lowest BCUT2D eigenvalue weighted by atomic mass is 10.1. The second-order valence-electron chi connectivity index (χ2n) is 2.68. The predicted octanol–water partition coefficient (Wildman–Crippen LogP) is 1.75. The summed E-state index contributed by atoms with van der Waals surface area (Å²) in [6.45, 7) is 0. The summed E-state index contributed by atoms with van der Waals surface area (Å²) in [7, 11) is 1.21. The molecule has 0 aromatic heterocycles. The number of carbonyl (C=O) groups is 2. The minimum atomic E-state index is -1.15. The minimum Gasteiger partial charge on any atom is -0.478 e. The molecule has 0 heterocycles. The molecule has 0 aliphatic carbocycles. The molecule has 0 unspecified atom stereocenters. The molecule has 1 aromatic rings. The molecule has 0 atom stereocenters. The molecule has 6 heteroatoms. The van der Waals surface area contributed by atoms with Gasteiger partial charge < -0.3 is 9.84 Å². The number of hydrogen-bond acceptors (Lipinski definition) is 5. The van der Waals surface area contributed by atoms with Crippen LogP contribution in [0.15, 0.2) is 21.9 Å². The number of methoxy groups -OCH3 is 1. The number of esters is 1. The first kappa shape index (κ1) is 11.9. The maximum atomic E-state index is 11.2. The highest BCUT2D eigenvalue weighted by Crippen LogP contribution is 2.23. The molecule has 0 saturated carbocycles. The van der Waals surface area contributed by atoms with Gasteiger partial charge in [-0.2, -0.15) is 0 Å². The molecule has 0 radical (unpaired) electrons. The number of ether oxygens (including phenoxy) is 1. The molecular formula is C9H8O4S2. The molecule has 0 bridgehead atoms. The Balaban J connectivity index is 3.36. The summed E-state index contributed by atoms with van der Waals surface area (Å²) in [4.78, 5) is 22.6. The van der Waals surface area contributed by atoms with Crippen molar-refractivity contribution in [3.63, 3.8) is 0 Å². The summed E-state index contributed by atoms with van der Waals surface area (Å²) in [6.07, 6.45) is 0. The topological polar surface area (TPSA) is 63.6 Å². The van der Waals surface area contributed by atoms with Crippen LogP contribution in [0.5, 0.6) is 0 Å². The van der Waals surface area contributed by atoms with Gasteiger partial charge in [0.05, 0.1) is 18.2 Å². The highest BCUT2D eigenvalue weighted by atomic mass is 32.1. The van der Waals surface area contributed by atoms with E-state index in [-0.39, 0.29) is 16.0 Å². The second-order valence-corrected chi connectivity index (χ2v) is 3.65. The molecule has 0 aliphatic heterocycles. The number of carbonyl (C=O) groups excluding carboxylic acids is 1. The Labute approximate surface area is 97.1 Å². The Morgan fingerprint density at radius 3 is 2.20 bits per heavy atom. The van der Waals surface area contributed by atoms with E-state index >= 15 is 0 Å². The molecule has 0 spiro atoms. The SMILES string of the molecule is COC(=O)c1cc(C(=O)O)c(S)cc1S. The number of aromatic carboxylic acids is 1. The van der Waals surface area contributed by atoms with Gasteiger partial charge in [0.25, 0.3) is 0 Å².